The molecule has 1 atom stereocenters. The Hall–Kier alpha value is -3.16. The van der Waals surface area contributed by atoms with Crippen LogP contribution < -0.4 is 10.1 Å². The molecule has 1 unspecified atom stereocenters. The first kappa shape index (κ1) is 20.2. The number of methoxy groups -OCH3 is 1. The summed E-state index contributed by atoms with van der Waals surface area (Å²) in [6.07, 6.45) is -0.543. The molecule has 27 heavy (non-hydrogen) atoms. The molecule has 0 aliphatic carbocycles. The van der Waals surface area contributed by atoms with Crippen molar-refractivity contribution in [1.82, 2.24) is 0 Å². The molecule has 0 fully saturated rings. The van der Waals surface area contributed by atoms with Gasteiger partial charge in [0.25, 0.3) is 0 Å². The van der Waals surface area contributed by atoms with Crippen LogP contribution in [0.3, 0.4) is 0 Å². The molecule has 8 heteroatoms. The maximum Gasteiger partial charge on any atom is 0.392 e. The van der Waals surface area contributed by atoms with Gasteiger partial charge < -0.3 is 14.8 Å². The normalized spacial score (nSPS) is 12.9. The predicted octanol–water partition coefficient (Wildman–Crippen LogP) is 3.37. The van der Waals surface area contributed by atoms with E-state index < -0.39 is 28.4 Å². The molecular weight excluding hydrogens is 355 g/mol. The lowest BCUT2D eigenvalue weighted by molar-refractivity contribution is -0.560. The van der Waals surface area contributed by atoms with E-state index in [4.69, 9.17) is 9.47 Å². The van der Waals surface area contributed by atoms with E-state index in [9.17, 15) is 19.3 Å². The zero-order valence-corrected chi connectivity index (χ0v) is 15.3. The van der Waals surface area contributed by atoms with Gasteiger partial charge in [-0.3, -0.25) is 10.1 Å². The number of nitrogens with zero attached hydrogens (tertiary/aromatic N) is 1. The van der Waals surface area contributed by atoms with Gasteiger partial charge in [-0.05, 0) is 62.4 Å². The molecule has 2 aromatic carbocycles. The summed E-state index contributed by atoms with van der Waals surface area (Å²) >= 11 is 0. The van der Waals surface area contributed by atoms with Crippen LogP contribution in [0, 0.1) is 15.9 Å². The molecule has 0 radical (unpaired) electrons. The highest BCUT2D eigenvalue weighted by Gasteiger charge is 2.55. The molecule has 0 amide bonds. The lowest BCUT2D eigenvalue weighted by Crippen LogP contribution is -2.50. The number of benzene rings is 2. The van der Waals surface area contributed by atoms with Gasteiger partial charge in [-0.15, -0.1) is 0 Å². The zero-order valence-electron chi connectivity index (χ0n) is 15.3. The van der Waals surface area contributed by atoms with Crippen LogP contribution in [0.15, 0.2) is 48.5 Å². The highest BCUT2D eigenvalue weighted by atomic mass is 19.1. The van der Waals surface area contributed by atoms with Gasteiger partial charge in [0.2, 0.25) is 0 Å². The van der Waals surface area contributed by atoms with E-state index in [0.29, 0.717) is 11.4 Å². The first-order valence-electron chi connectivity index (χ1n) is 8.29. The number of esters is 1. The lowest BCUT2D eigenvalue weighted by Gasteiger charge is -2.25. The number of nitrogens with one attached hydrogen (secondary N) is 1. The number of carbonyl (C=O) groups is 1. The Morgan fingerprint density at radius 3 is 2.26 bits per heavy atom. The molecular formula is C19H21FN2O5. The third-order valence-corrected chi connectivity index (χ3v) is 3.95. The number of nitro groups is 1. The van der Waals surface area contributed by atoms with Crippen LogP contribution in [0.4, 0.5) is 10.1 Å². The molecule has 1 N–H and O–H groups in total. The summed E-state index contributed by atoms with van der Waals surface area (Å²) in [5.41, 5.74) is -1.64. The second-order valence-corrected chi connectivity index (χ2v) is 6.16. The van der Waals surface area contributed by atoms with Crippen molar-refractivity contribution >= 4 is 11.7 Å². The zero-order chi connectivity index (χ0) is 20.0. The second kappa shape index (κ2) is 8.48. The summed E-state index contributed by atoms with van der Waals surface area (Å²) in [5, 5.41) is 14.9. The third-order valence-electron chi connectivity index (χ3n) is 3.95. The van der Waals surface area contributed by atoms with Crippen molar-refractivity contribution in [1.29, 1.82) is 0 Å². The van der Waals surface area contributed by atoms with Crippen molar-refractivity contribution in [3.05, 3.63) is 70.0 Å². The minimum Gasteiger partial charge on any atom is -0.497 e. The number of ether oxygens (including phenoxy) is 2. The van der Waals surface area contributed by atoms with Crippen LogP contribution >= 0.6 is 0 Å². The van der Waals surface area contributed by atoms with Crippen molar-refractivity contribution < 1.29 is 23.6 Å². The molecule has 0 bridgehead atoms. The maximum absolute atomic E-state index is 13.3. The first-order chi connectivity index (χ1) is 12.8. The monoisotopic (exact) mass is 376 g/mol. The fourth-order valence-electron chi connectivity index (χ4n) is 2.51. The second-order valence-electron chi connectivity index (χ2n) is 6.16. The van der Waals surface area contributed by atoms with Gasteiger partial charge >= 0.3 is 11.5 Å². The number of anilines is 1. The smallest absolute Gasteiger partial charge is 0.392 e. The Morgan fingerprint density at radius 2 is 1.78 bits per heavy atom. The van der Waals surface area contributed by atoms with E-state index in [1.165, 1.54) is 19.2 Å². The number of rotatable bonds is 8. The summed E-state index contributed by atoms with van der Waals surface area (Å²) < 4.78 is 23.5. The number of hydrogen-bond donors (Lipinski definition) is 1. The van der Waals surface area contributed by atoms with Crippen LogP contribution in [-0.4, -0.2) is 30.7 Å². The summed E-state index contributed by atoms with van der Waals surface area (Å²) in [5.74, 6) is -0.953. The van der Waals surface area contributed by atoms with Crippen molar-refractivity contribution in [2.75, 3.05) is 19.0 Å². The SMILES string of the molecule is COc1ccc(NCC(C(=O)OC(C)C)(c2ccc(F)cc2)[N+](=O)[O-])cc1. The van der Waals surface area contributed by atoms with Crippen molar-refractivity contribution in [2.45, 2.75) is 25.5 Å². The van der Waals surface area contributed by atoms with Gasteiger partial charge in [0.1, 0.15) is 18.1 Å². The average molecular weight is 376 g/mol. The molecule has 0 aliphatic heterocycles. The third kappa shape index (κ3) is 4.52. The Bertz CT molecular complexity index is 793. The van der Waals surface area contributed by atoms with Gasteiger partial charge in [-0.2, -0.15) is 0 Å². The molecule has 0 aliphatic rings. The van der Waals surface area contributed by atoms with Crippen molar-refractivity contribution in [3.63, 3.8) is 0 Å². The van der Waals surface area contributed by atoms with Gasteiger partial charge in [0, 0.05) is 16.2 Å². The van der Waals surface area contributed by atoms with E-state index in [0.717, 1.165) is 12.1 Å². The molecule has 0 saturated carbocycles. The fraction of sp³-hybridized carbons (Fsp3) is 0.316. The molecule has 7 nitrogen and oxygen atoms in total. The molecule has 0 saturated heterocycles. The van der Waals surface area contributed by atoms with Crippen LogP contribution in [-0.2, 0) is 15.1 Å². The maximum atomic E-state index is 13.3. The van der Waals surface area contributed by atoms with Crippen molar-refractivity contribution in [3.8, 4) is 5.75 Å². The van der Waals surface area contributed by atoms with Gasteiger partial charge in [-0.1, -0.05) is 0 Å². The van der Waals surface area contributed by atoms with Crippen LogP contribution in [0.25, 0.3) is 0 Å². The largest absolute Gasteiger partial charge is 0.497 e. The highest BCUT2D eigenvalue weighted by Crippen LogP contribution is 2.29. The Kier molecular flexibility index (Phi) is 6.33. The van der Waals surface area contributed by atoms with Crippen LogP contribution in [0.1, 0.15) is 19.4 Å². The Balaban J connectivity index is 2.41. The van der Waals surface area contributed by atoms with E-state index in [-0.39, 0.29) is 12.1 Å². The van der Waals surface area contributed by atoms with Gasteiger partial charge in [0.15, 0.2) is 0 Å². The van der Waals surface area contributed by atoms with Gasteiger partial charge in [0.05, 0.1) is 13.2 Å². The van der Waals surface area contributed by atoms with Crippen LogP contribution in [0.2, 0.25) is 0 Å². The summed E-state index contributed by atoms with van der Waals surface area (Å²) in [6, 6.07) is 11.3. The fourth-order valence-corrected chi connectivity index (χ4v) is 2.51. The highest BCUT2D eigenvalue weighted by molar-refractivity contribution is 5.82. The van der Waals surface area contributed by atoms with E-state index in [1.54, 1.807) is 38.1 Å². The van der Waals surface area contributed by atoms with E-state index in [1.807, 2.05) is 0 Å². The quantitative estimate of drug-likeness (QED) is 0.432. The predicted molar refractivity (Wildman–Crippen MR) is 97.8 cm³/mol. The summed E-state index contributed by atoms with van der Waals surface area (Å²) in [7, 11) is 1.52. The summed E-state index contributed by atoms with van der Waals surface area (Å²) in [4.78, 5) is 24.0. The number of halogens is 1. The van der Waals surface area contributed by atoms with Crippen molar-refractivity contribution in [2.24, 2.45) is 0 Å². The molecule has 2 rings (SSSR count). The molecule has 144 valence electrons. The number of carbonyl (C=O) groups excluding carboxylic acids is 1. The standard InChI is InChI=1S/C19H21FN2O5/c1-13(2)27-18(23)19(22(24)25,14-4-6-15(20)7-5-14)12-21-16-8-10-17(26-3)11-9-16/h4-11,13,21H,12H2,1-3H3. The molecule has 0 heterocycles. The molecule has 0 aromatic heterocycles. The lowest BCUT2D eigenvalue weighted by atomic mass is 9.90. The van der Waals surface area contributed by atoms with E-state index in [2.05, 4.69) is 5.32 Å². The van der Waals surface area contributed by atoms with Gasteiger partial charge in [-0.25, -0.2) is 9.18 Å². The Labute approximate surface area is 156 Å². The summed E-state index contributed by atoms with van der Waals surface area (Å²) in [6.45, 7) is 2.83. The molecule has 0 spiro atoms. The molecule has 2 aromatic rings. The number of hydrogen-bond acceptors (Lipinski definition) is 6. The van der Waals surface area contributed by atoms with Crippen LogP contribution in [0.5, 0.6) is 5.75 Å². The topological polar surface area (TPSA) is 90.7 Å². The Morgan fingerprint density at radius 1 is 1.19 bits per heavy atom. The average Bonchev–Trinajstić information content (AvgIpc) is 2.63. The minimum atomic E-state index is -2.22. The van der Waals surface area contributed by atoms with E-state index >= 15 is 0 Å². The first-order valence-corrected chi connectivity index (χ1v) is 8.29. The minimum absolute atomic E-state index is 0.0283.